The molecule has 0 saturated heterocycles. The number of hydrogen-bond acceptors (Lipinski definition) is 2. The third kappa shape index (κ3) is 2.42. The van der Waals surface area contributed by atoms with Crippen molar-refractivity contribution in [1.82, 2.24) is 4.57 Å². The Morgan fingerprint density at radius 3 is 2.92 bits per heavy atom. The van der Waals surface area contributed by atoms with Crippen molar-refractivity contribution in [1.29, 1.82) is 0 Å². The number of ether oxygens (including phenoxy) is 1. The molecule has 0 unspecified atom stereocenters. The lowest BCUT2D eigenvalue weighted by molar-refractivity contribution is 0.111. The number of aryl methyl sites for hydroxylation is 1. The number of nitrogens with zero attached hydrogens (tertiary/aromatic N) is 1. The first kappa shape index (κ1) is 9.99. The van der Waals surface area contributed by atoms with Crippen LogP contribution in [0.15, 0.2) is 12.1 Å². The Kier molecular flexibility index (Phi) is 3.71. The van der Waals surface area contributed by atoms with Gasteiger partial charge in [-0.25, -0.2) is 0 Å². The standard InChI is InChI=1S/C10H15NO2/c1-9-4-5-10(8-12)11(9)6-3-7-13-2/h4-5,8H,3,6-7H2,1-2H3. The predicted octanol–water partition coefficient (Wildman–Crippen LogP) is 1.65. The molecule has 0 radical (unpaired) electrons. The van der Waals surface area contributed by atoms with Crippen LogP contribution in [0.5, 0.6) is 0 Å². The van der Waals surface area contributed by atoms with Crippen LogP contribution < -0.4 is 0 Å². The number of aromatic nitrogens is 1. The zero-order chi connectivity index (χ0) is 9.68. The molecule has 3 heteroatoms. The fourth-order valence-electron chi connectivity index (χ4n) is 1.36. The van der Waals surface area contributed by atoms with E-state index in [9.17, 15) is 4.79 Å². The van der Waals surface area contributed by atoms with E-state index in [1.807, 2.05) is 23.6 Å². The number of hydrogen-bond donors (Lipinski definition) is 0. The van der Waals surface area contributed by atoms with Crippen LogP contribution in [-0.4, -0.2) is 24.6 Å². The zero-order valence-corrected chi connectivity index (χ0v) is 8.12. The number of rotatable bonds is 5. The summed E-state index contributed by atoms with van der Waals surface area (Å²) in [6.07, 6.45) is 1.83. The fraction of sp³-hybridized carbons (Fsp3) is 0.500. The molecule has 1 heterocycles. The minimum absolute atomic E-state index is 0.732. The van der Waals surface area contributed by atoms with Crippen molar-refractivity contribution in [2.75, 3.05) is 13.7 Å². The molecule has 1 rings (SSSR count). The Morgan fingerprint density at radius 2 is 2.31 bits per heavy atom. The highest BCUT2D eigenvalue weighted by atomic mass is 16.5. The lowest BCUT2D eigenvalue weighted by atomic mass is 10.4. The molecular formula is C10H15NO2. The van der Waals surface area contributed by atoms with Crippen LogP contribution in [0, 0.1) is 6.92 Å². The lowest BCUT2D eigenvalue weighted by Gasteiger charge is -2.07. The zero-order valence-electron chi connectivity index (χ0n) is 8.12. The second kappa shape index (κ2) is 4.82. The molecule has 13 heavy (non-hydrogen) atoms. The molecule has 0 N–H and O–H groups in total. The summed E-state index contributed by atoms with van der Waals surface area (Å²) in [6, 6.07) is 3.80. The van der Waals surface area contributed by atoms with Crippen LogP contribution >= 0.6 is 0 Å². The maximum atomic E-state index is 10.6. The normalized spacial score (nSPS) is 10.3. The molecule has 1 aromatic heterocycles. The molecule has 0 aliphatic carbocycles. The molecule has 0 atom stereocenters. The Balaban J connectivity index is 2.62. The average molecular weight is 181 g/mol. The minimum Gasteiger partial charge on any atom is -0.385 e. The molecule has 0 spiro atoms. The molecular weight excluding hydrogens is 166 g/mol. The summed E-state index contributed by atoms with van der Waals surface area (Å²) in [5, 5.41) is 0. The van der Waals surface area contributed by atoms with Crippen molar-refractivity contribution < 1.29 is 9.53 Å². The number of carbonyl (C=O) groups excluding carboxylic acids is 1. The van der Waals surface area contributed by atoms with Gasteiger partial charge in [0, 0.05) is 26.0 Å². The minimum atomic E-state index is 0.732. The van der Waals surface area contributed by atoms with E-state index < -0.39 is 0 Å². The fourth-order valence-corrected chi connectivity index (χ4v) is 1.36. The Morgan fingerprint density at radius 1 is 1.54 bits per heavy atom. The highest BCUT2D eigenvalue weighted by molar-refractivity contribution is 5.72. The van der Waals surface area contributed by atoms with Gasteiger partial charge in [-0.3, -0.25) is 4.79 Å². The highest BCUT2D eigenvalue weighted by Gasteiger charge is 2.02. The molecule has 0 saturated carbocycles. The van der Waals surface area contributed by atoms with E-state index in [4.69, 9.17) is 4.74 Å². The van der Waals surface area contributed by atoms with E-state index in [0.717, 1.165) is 37.2 Å². The second-order valence-corrected chi connectivity index (χ2v) is 3.02. The maximum Gasteiger partial charge on any atom is 0.166 e. The third-order valence-electron chi connectivity index (χ3n) is 2.08. The van der Waals surface area contributed by atoms with Crippen LogP contribution in [0.4, 0.5) is 0 Å². The largest absolute Gasteiger partial charge is 0.385 e. The Labute approximate surface area is 78.3 Å². The van der Waals surface area contributed by atoms with Gasteiger partial charge in [0.15, 0.2) is 6.29 Å². The summed E-state index contributed by atoms with van der Waals surface area (Å²) in [5.74, 6) is 0. The predicted molar refractivity (Wildman–Crippen MR) is 51.0 cm³/mol. The first-order valence-electron chi connectivity index (χ1n) is 4.40. The summed E-state index contributed by atoms with van der Waals surface area (Å²) >= 11 is 0. The molecule has 3 nitrogen and oxygen atoms in total. The van der Waals surface area contributed by atoms with Gasteiger partial charge < -0.3 is 9.30 Å². The second-order valence-electron chi connectivity index (χ2n) is 3.02. The number of methoxy groups -OCH3 is 1. The Hall–Kier alpha value is -1.09. The molecule has 0 amide bonds. The van der Waals surface area contributed by atoms with Gasteiger partial charge >= 0.3 is 0 Å². The van der Waals surface area contributed by atoms with Gasteiger partial charge in [0.1, 0.15) is 0 Å². The highest BCUT2D eigenvalue weighted by Crippen LogP contribution is 2.06. The van der Waals surface area contributed by atoms with Gasteiger partial charge in [-0.2, -0.15) is 0 Å². The smallest absolute Gasteiger partial charge is 0.166 e. The molecule has 0 aromatic carbocycles. The van der Waals surface area contributed by atoms with E-state index in [2.05, 4.69) is 0 Å². The van der Waals surface area contributed by atoms with E-state index in [1.165, 1.54) is 0 Å². The van der Waals surface area contributed by atoms with Gasteiger partial charge in [0.2, 0.25) is 0 Å². The Bertz CT molecular complexity index is 278. The third-order valence-corrected chi connectivity index (χ3v) is 2.08. The summed E-state index contributed by atoms with van der Waals surface area (Å²) in [5.41, 5.74) is 1.87. The van der Waals surface area contributed by atoms with Gasteiger partial charge in [-0.1, -0.05) is 0 Å². The van der Waals surface area contributed by atoms with Crippen LogP contribution in [0.2, 0.25) is 0 Å². The van der Waals surface area contributed by atoms with Crippen LogP contribution in [0.25, 0.3) is 0 Å². The van der Waals surface area contributed by atoms with Crippen molar-refractivity contribution in [3.8, 4) is 0 Å². The summed E-state index contributed by atoms with van der Waals surface area (Å²) in [6.45, 7) is 3.58. The van der Waals surface area contributed by atoms with E-state index in [-0.39, 0.29) is 0 Å². The van der Waals surface area contributed by atoms with E-state index in [1.54, 1.807) is 7.11 Å². The van der Waals surface area contributed by atoms with E-state index >= 15 is 0 Å². The monoisotopic (exact) mass is 181 g/mol. The summed E-state index contributed by atoms with van der Waals surface area (Å²) < 4.78 is 6.96. The first-order chi connectivity index (χ1) is 6.29. The van der Waals surface area contributed by atoms with Gasteiger partial charge in [-0.15, -0.1) is 0 Å². The lowest BCUT2D eigenvalue weighted by Crippen LogP contribution is -2.06. The molecule has 0 fully saturated rings. The maximum absolute atomic E-state index is 10.6. The molecule has 0 bridgehead atoms. The van der Waals surface area contributed by atoms with Crippen molar-refractivity contribution in [3.63, 3.8) is 0 Å². The van der Waals surface area contributed by atoms with Crippen molar-refractivity contribution in [2.45, 2.75) is 19.9 Å². The number of carbonyl (C=O) groups is 1. The van der Waals surface area contributed by atoms with Crippen LogP contribution in [-0.2, 0) is 11.3 Å². The average Bonchev–Trinajstić information content (AvgIpc) is 2.48. The van der Waals surface area contributed by atoms with Gasteiger partial charge in [0.25, 0.3) is 0 Å². The van der Waals surface area contributed by atoms with Crippen molar-refractivity contribution in [3.05, 3.63) is 23.5 Å². The van der Waals surface area contributed by atoms with Crippen molar-refractivity contribution in [2.24, 2.45) is 0 Å². The molecule has 0 aliphatic heterocycles. The summed E-state index contributed by atoms with van der Waals surface area (Å²) in [4.78, 5) is 10.6. The first-order valence-corrected chi connectivity index (χ1v) is 4.40. The van der Waals surface area contributed by atoms with E-state index in [0.29, 0.717) is 0 Å². The molecule has 1 aromatic rings. The van der Waals surface area contributed by atoms with Gasteiger partial charge in [0.05, 0.1) is 5.69 Å². The number of aldehydes is 1. The summed E-state index contributed by atoms with van der Waals surface area (Å²) in [7, 11) is 1.68. The SMILES string of the molecule is COCCCn1c(C)ccc1C=O. The molecule has 0 aliphatic rings. The van der Waals surface area contributed by atoms with Crippen LogP contribution in [0.3, 0.4) is 0 Å². The van der Waals surface area contributed by atoms with Crippen LogP contribution in [0.1, 0.15) is 22.6 Å². The topological polar surface area (TPSA) is 31.2 Å². The van der Waals surface area contributed by atoms with Gasteiger partial charge in [-0.05, 0) is 25.5 Å². The quantitative estimate of drug-likeness (QED) is 0.511. The molecule has 72 valence electrons. The van der Waals surface area contributed by atoms with Crippen molar-refractivity contribution >= 4 is 6.29 Å².